The maximum atomic E-state index is 5.43. The molecule has 3 heteroatoms. The highest BCUT2D eigenvalue weighted by molar-refractivity contribution is 5.82. The van der Waals surface area contributed by atoms with Crippen LogP contribution in [0.25, 0.3) is 0 Å². The van der Waals surface area contributed by atoms with Crippen molar-refractivity contribution in [3.63, 3.8) is 0 Å². The van der Waals surface area contributed by atoms with Crippen molar-refractivity contribution in [3.05, 3.63) is 35.9 Å². The Morgan fingerprint density at radius 3 is 2.67 bits per heavy atom. The number of hydrazine groups is 1. The highest BCUT2D eigenvalue weighted by Gasteiger charge is 2.20. The molecule has 1 saturated carbocycles. The third kappa shape index (κ3) is 3.36. The Labute approximate surface area is 90.4 Å². The van der Waals surface area contributed by atoms with Crippen LogP contribution in [0.3, 0.4) is 0 Å². The summed E-state index contributed by atoms with van der Waals surface area (Å²) in [5.74, 6) is 6.36. The average molecular weight is 203 g/mol. The van der Waals surface area contributed by atoms with Crippen molar-refractivity contribution in [2.45, 2.75) is 31.7 Å². The smallest absolute Gasteiger partial charge is 0.111 e. The van der Waals surface area contributed by atoms with Crippen molar-refractivity contribution in [3.8, 4) is 0 Å². The molecule has 3 nitrogen and oxygen atoms in total. The summed E-state index contributed by atoms with van der Waals surface area (Å²) in [5.41, 5.74) is 4.02. The number of nitrogens with two attached hydrogens (primary N) is 1. The van der Waals surface area contributed by atoms with E-state index in [1.54, 1.807) is 0 Å². The first kappa shape index (κ1) is 10.2. The average Bonchev–Trinajstić information content (AvgIpc) is 3.09. The molecule has 2 rings (SSSR count). The number of hydrogen-bond acceptors (Lipinski definition) is 2. The van der Waals surface area contributed by atoms with E-state index in [0.29, 0.717) is 6.04 Å². The van der Waals surface area contributed by atoms with Crippen LogP contribution < -0.4 is 11.3 Å². The SMILES string of the molecule is NNC(CCc1ccccc1)=NC1CC1. The zero-order valence-corrected chi connectivity index (χ0v) is 8.82. The van der Waals surface area contributed by atoms with Crippen molar-refractivity contribution in [2.75, 3.05) is 0 Å². The van der Waals surface area contributed by atoms with Crippen molar-refractivity contribution < 1.29 is 0 Å². The molecule has 80 valence electrons. The number of rotatable bonds is 4. The van der Waals surface area contributed by atoms with Gasteiger partial charge in [0, 0.05) is 6.42 Å². The highest BCUT2D eigenvalue weighted by atomic mass is 15.3. The van der Waals surface area contributed by atoms with E-state index in [1.807, 2.05) is 6.07 Å². The number of amidine groups is 1. The largest absolute Gasteiger partial charge is 0.312 e. The van der Waals surface area contributed by atoms with Crippen LogP contribution >= 0.6 is 0 Å². The molecule has 0 aliphatic heterocycles. The summed E-state index contributed by atoms with van der Waals surface area (Å²) in [6.07, 6.45) is 4.33. The van der Waals surface area contributed by atoms with E-state index in [2.05, 4.69) is 34.7 Å². The minimum Gasteiger partial charge on any atom is -0.312 e. The topological polar surface area (TPSA) is 50.4 Å². The van der Waals surface area contributed by atoms with Crippen LogP contribution in [0.2, 0.25) is 0 Å². The minimum atomic E-state index is 0.534. The van der Waals surface area contributed by atoms with Crippen molar-refractivity contribution in [2.24, 2.45) is 10.8 Å². The molecule has 1 aliphatic carbocycles. The van der Waals surface area contributed by atoms with Gasteiger partial charge in [0.2, 0.25) is 0 Å². The maximum Gasteiger partial charge on any atom is 0.111 e. The van der Waals surface area contributed by atoms with Crippen LogP contribution in [0.4, 0.5) is 0 Å². The molecule has 3 N–H and O–H groups in total. The van der Waals surface area contributed by atoms with E-state index in [0.717, 1.165) is 18.7 Å². The quantitative estimate of drug-likeness (QED) is 0.338. The predicted molar refractivity (Wildman–Crippen MR) is 62.5 cm³/mol. The Bertz CT molecular complexity index is 328. The third-order valence-electron chi connectivity index (χ3n) is 2.55. The molecule has 0 unspecified atom stereocenters. The second kappa shape index (κ2) is 4.94. The fourth-order valence-electron chi connectivity index (χ4n) is 1.51. The lowest BCUT2D eigenvalue weighted by atomic mass is 10.1. The van der Waals surface area contributed by atoms with Crippen molar-refractivity contribution in [1.29, 1.82) is 0 Å². The van der Waals surface area contributed by atoms with Gasteiger partial charge in [-0.25, -0.2) is 5.84 Å². The summed E-state index contributed by atoms with van der Waals surface area (Å²) < 4.78 is 0. The summed E-state index contributed by atoms with van der Waals surface area (Å²) in [4.78, 5) is 4.50. The first-order valence-corrected chi connectivity index (χ1v) is 5.45. The summed E-state index contributed by atoms with van der Waals surface area (Å²) in [7, 11) is 0. The van der Waals surface area contributed by atoms with Crippen LogP contribution in [0.5, 0.6) is 0 Å². The molecular weight excluding hydrogens is 186 g/mol. The van der Waals surface area contributed by atoms with Crippen LogP contribution in [0, 0.1) is 0 Å². The van der Waals surface area contributed by atoms with Crippen molar-refractivity contribution in [1.82, 2.24) is 5.43 Å². The van der Waals surface area contributed by atoms with Crippen LogP contribution in [0.1, 0.15) is 24.8 Å². The monoisotopic (exact) mass is 203 g/mol. The number of nitrogens with zero attached hydrogens (tertiary/aromatic N) is 1. The Kier molecular flexibility index (Phi) is 3.35. The van der Waals surface area contributed by atoms with Gasteiger partial charge in [-0.05, 0) is 24.8 Å². The highest BCUT2D eigenvalue weighted by Crippen LogP contribution is 2.23. The van der Waals surface area contributed by atoms with Crippen LogP contribution in [-0.4, -0.2) is 11.9 Å². The van der Waals surface area contributed by atoms with Crippen molar-refractivity contribution >= 4 is 5.84 Å². The van der Waals surface area contributed by atoms with Gasteiger partial charge in [-0.2, -0.15) is 0 Å². The molecule has 1 fully saturated rings. The van der Waals surface area contributed by atoms with Gasteiger partial charge in [0.05, 0.1) is 6.04 Å². The molecule has 0 radical (unpaired) electrons. The van der Waals surface area contributed by atoms with E-state index < -0.39 is 0 Å². The van der Waals surface area contributed by atoms with Gasteiger partial charge in [-0.3, -0.25) is 4.99 Å². The number of benzene rings is 1. The first-order chi connectivity index (χ1) is 7.38. The van der Waals surface area contributed by atoms with Gasteiger partial charge in [0.15, 0.2) is 0 Å². The third-order valence-corrected chi connectivity index (χ3v) is 2.55. The second-order valence-corrected chi connectivity index (χ2v) is 3.94. The summed E-state index contributed by atoms with van der Waals surface area (Å²) in [6.45, 7) is 0. The molecule has 1 aromatic carbocycles. The molecule has 0 bridgehead atoms. The molecule has 0 atom stereocenters. The van der Waals surface area contributed by atoms with E-state index in [1.165, 1.54) is 18.4 Å². The van der Waals surface area contributed by atoms with Gasteiger partial charge in [-0.15, -0.1) is 0 Å². The molecule has 0 amide bonds. The molecule has 0 saturated heterocycles. The molecule has 1 aliphatic rings. The molecule has 0 spiro atoms. The normalized spacial score (nSPS) is 16.5. The zero-order chi connectivity index (χ0) is 10.5. The van der Waals surface area contributed by atoms with E-state index in [4.69, 9.17) is 5.84 Å². The molecule has 1 aromatic rings. The van der Waals surface area contributed by atoms with Crippen LogP contribution in [-0.2, 0) is 6.42 Å². The minimum absolute atomic E-state index is 0.534. The predicted octanol–water partition coefficient (Wildman–Crippen LogP) is 1.64. The van der Waals surface area contributed by atoms with Gasteiger partial charge >= 0.3 is 0 Å². The Morgan fingerprint density at radius 1 is 1.33 bits per heavy atom. The molecular formula is C12H17N3. The fraction of sp³-hybridized carbons (Fsp3) is 0.417. The lowest BCUT2D eigenvalue weighted by Crippen LogP contribution is -2.31. The zero-order valence-electron chi connectivity index (χ0n) is 8.82. The number of aliphatic imine (C=N–C) groups is 1. The number of hydrogen-bond donors (Lipinski definition) is 2. The Morgan fingerprint density at radius 2 is 2.07 bits per heavy atom. The lowest BCUT2D eigenvalue weighted by Gasteiger charge is -2.05. The lowest BCUT2D eigenvalue weighted by molar-refractivity contribution is 0.895. The molecule has 15 heavy (non-hydrogen) atoms. The van der Waals surface area contributed by atoms with Gasteiger partial charge in [0.1, 0.15) is 5.84 Å². The Balaban J connectivity index is 1.85. The number of aryl methyl sites for hydroxylation is 1. The van der Waals surface area contributed by atoms with E-state index >= 15 is 0 Å². The van der Waals surface area contributed by atoms with E-state index in [-0.39, 0.29) is 0 Å². The van der Waals surface area contributed by atoms with Gasteiger partial charge in [0.25, 0.3) is 0 Å². The fourth-order valence-corrected chi connectivity index (χ4v) is 1.51. The maximum absolute atomic E-state index is 5.43. The summed E-state index contributed by atoms with van der Waals surface area (Å²) in [6, 6.07) is 10.9. The Hall–Kier alpha value is -1.35. The van der Waals surface area contributed by atoms with Crippen LogP contribution in [0.15, 0.2) is 35.3 Å². The molecule has 0 aromatic heterocycles. The van der Waals surface area contributed by atoms with Gasteiger partial charge in [-0.1, -0.05) is 30.3 Å². The first-order valence-electron chi connectivity index (χ1n) is 5.45. The second-order valence-electron chi connectivity index (χ2n) is 3.94. The van der Waals surface area contributed by atoms with E-state index in [9.17, 15) is 0 Å². The molecule has 0 heterocycles. The summed E-state index contributed by atoms with van der Waals surface area (Å²) >= 11 is 0. The standard InChI is InChI=1S/C12H17N3/c13-15-12(14-11-7-8-11)9-6-10-4-2-1-3-5-10/h1-5,11H,6-9,13H2,(H,14,15). The van der Waals surface area contributed by atoms with Gasteiger partial charge < -0.3 is 5.43 Å². The number of nitrogens with one attached hydrogen (secondary N) is 1. The summed E-state index contributed by atoms with van der Waals surface area (Å²) in [5, 5.41) is 0.